The Morgan fingerprint density at radius 2 is 2.10 bits per heavy atom. The Morgan fingerprint density at radius 3 is 2.81 bits per heavy atom. The van der Waals surface area contributed by atoms with Crippen molar-refractivity contribution < 1.29 is 9.53 Å². The highest BCUT2D eigenvalue weighted by molar-refractivity contribution is 5.76. The van der Waals surface area contributed by atoms with Crippen LogP contribution in [-0.4, -0.2) is 23.2 Å². The Bertz CT molecular complexity index is 597. The Labute approximate surface area is 124 Å². The smallest absolute Gasteiger partial charge is 0.220 e. The Morgan fingerprint density at radius 1 is 1.24 bits per heavy atom. The molecule has 110 valence electrons. The fraction of sp³-hybridized carbons (Fsp3) is 0.312. The first-order valence-corrected chi connectivity index (χ1v) is 6.86. The van der Waals surface area contributed by atoms with Crippen LogP contribution in [0.4, 0.5) is 0 Å². The van der Waals surface area contributed by atoms with Gasteiger partial charge in [0, 0.05) is 6.42 Å². The monoisotopic (exact) mass is 285 g/mol. The molecule has 5 nitrogen and oxygen atoms in total. The van der Waals surface area contributed by atoms with Crippen molar-refractivity contribution in [2.75, 3.05) is 7.11 Å². The predicted molar refractivity (Wildman–Crippen MR) is 79.9 cm³/mol. The maximum absolute atomic E-state index is 11.8. The van der Waals surface area contributed by atoms with Crippen LogP contribution in [0.5, 0.6) is 5.75 Å². The zero-order chi connectivity index (χ0) is 15.1. The summed E-state index contributed by atoms with van der Waals surface area (Å²) in [6, 6.07) is 11.5. The minimum absolute atomic E-state index is 0.000180. The van der Waals surface area contributed by atoms with E-state index in [1.807, 2.05) is 43.3 Å². The molecule has 0 radical (unpaired) electrons. The molecule has 0 aliphatic heterocycles. The molecule has 1 aromatic heterocycles. The lowest BCUT2D eigenvalue weighted by molar-refractivity contribution is -0.121. The summed E-state index contributed by atoms with van der Waals surface area (Å²) in [5.74, 6) is 0.808. The number of rotatable bonds is 6. The van der Waals surface area contributed by atoms with Gasteiger partial charge >= 0.3 is 0 Å². The van der Waals surface area contributed by atoms with E-state index in [0.29, 0.717) is 19.4 Å². The van der Waals surface area contributed by atoms with Gasteiger partial charge in [-0.25, -0.2) is 0 Å². The molecule has 5 heteroatoms. The maximum Gasteiger partial charge on any atom is 0.220 e. The molecule has 0 saturated carbocycles. The summed E-state index contributed by atoms with van der Waals surface area (Å²) in [6.45, 7) is 2.29. The summed E-state index contributed by atoms with van der Waals surface area (Å²) >= 11 is 0. The van der Waals surface area contributed by atoms with Gasteiger partial charge in [-0.15, -0.1) is 0 Å². The third-order valence-electron chi connectivity index (χ3n) is 3.09. The van der Waals surface area contributed by atoms with Gasteiger partial charge < -0.3 is 10.1 Å². The van der Waals surface area contributed by atoms with Crippen molar-refractivity contribution in [3.8, 4) is 5.75 Å². The number of carbonyl (C=O) groups excluding carboxylic acids is 1. The average Bonchev–Trinajstić information content (AvgIpc) is 2.52. The first-order chi connectivity index (χ1) is 10.2. The Kier molecular flexibility index (Phi) is 5.26. The number of nitrogens with zero attached hydrogens (tertiary/aromatic N) is 2. The van der Waals surface area contributed by atoms with Gasteiger partial charge in [0.2, 0.25) is 5.91 Å². The summed E-state index contributed by atoms with van der Waals surface area (Å²) < 4.78 is 5.16. The van der Waals surface area contributed by atoms with Gasteiger partial charge in [0.05, 0.1) is 25.0 Å². The minimum atomic E-state index is 0.000180. The Hall–Kier alpha value is -2.43. The standard InChI is InChI=1S/C16H19N3O2/c1-12-6-8-14(19-18-12)11-17-16(20)9-7-13-4-3-5-15(10-13)21-2/h3-6,8,10H,7,9,11H2,1-2H3,(H,17,20). The number of benzene rings is 1. The fourth-order valence-corrected chi connectivity index (χ4v) is 1.88. The molecule has 1 aromatic carbocycles. The summed E-state index contributed by atoms with van der Waals surface area (Å²) in [5.41, 5.74) is 2.71. The van der Waals surface area contributed by atoms with E-state index >= 15 is 0 Å². The molecule has 0 saturated heterocycles. The Balaban J connectivity index is 1.78. The summed E-state index contributed by atoms with van der Waals surface area (Å²) in [5, 5.41) is 10.8. The van der Waals surface area contributed by atoms with Crippen LogP contribution in [0.2, 0.25) is 0 Å². The lowest BCUT2D eigenvalue weighted by Crippen LogP contribution is -2.23. The minimum Gasteiger partial charge on any atom is -0.497 e. The topological polar surface area (TPSA) is 64.1 Å². The first-order valence-electron chi connectivity index (χ1n) is 6.86. The molecule has 0 aliphatic rings. The highest BCUT2D eigenvalue weighted by Crippen LogP contribution is 2.13. The SMILES string of the molecule is COc1cccc(CCC(=O)NCc2ccc(C)nn2)c1. The maximum atomic E-state index is 11.8. The molecular weight excluding hydrogens is 266 g/mol. The number of amides is 1. The summed E-state index contributed by atoms with van der Waals surface area (Å²) in [6.07, 6.45) is 1.12. The van der Waals surface area contributed by atoms with E-state index in [-0.39, 0.29) is 5.91 Å². The molecule has 0 bridgehead atoms. The van der Waals surface area contributed by atoms with Crippen LogP contribution in [0.15, 0.2) is 36.4 Å². The van der Waals surface area contributed by atoms with Gasteiger partial charge in [0.25, 0.3) is 0 Å². The highest BCUT2D eigenvalue weighted by atomic mass is 16.5. The van der Waals surface area contributed by atoms with Crippen LogP contribution in [0.25, 0.3) is 0 Å². The van der Waals surface area contributed by atoms with E-state index in [9.17, 15) is 4.79 Å². The molecule has 0 atom stereocenters. The molecular formula is C16H19N3O2. The molecule has 0 spiro atoms. The zero-order valence-corrected chi connectivity index (χ0v) is 12.3. The van der Waals surface area contributed by atoms with Crippen LogP contribution in [0.1, 0.15) is 23.4 Å². The lowest BCUT2D eigenvalue weighted by atomic mass is 10.1. The molecule has 0 unspecified atom stereocenters. The normalized spacial score (nSPS) is 10.2. The molecule has 0 aliphatic carbocycles. The number of carbonyl (C=O) groups is 1. The van der Waals surface area contributed by atoms with Crippen LogP contribution >= 0.6 is 0 Å². The number of aromatic nitrogens is 2. The molecule has 1 N–H and O–H groups in total. The van der Waals surface area contributed by atoms with Crippen LogP contribution in [0, 0.1) is 6.92 Å². The van der Waals surface area contributed by atoms with Crippen LogP contribution in [-0.2, 0) is 17.8 Å². The number of methoxy groups -OCH3 is 1. The van der Waals surface area contributed by atoms with Crippen molar-refractivity contribution >= 4 is 5.91 Å². The predicted octanol–water partition coefficient (Wildman–Crippen LogP) is 2.04. The number of nitrogens with one attached hydrogen (secondary N) is 1. The summed E-state index contributed by atoms with van der Waals surface area (Å²) in [4.78, 5) is 11.8. The first kappa shape index (κ1) is 15.0. The van der Waals surface area contributed by atoms with Gasteiger partial charge in [-0.2, -0.15) is 10.2 Å². The van der Waals surface area contributed by atoms with Gasteiger partial charge in [-0.3, -0.25) is 4.79 Å². The van der Waals surface area contributed by atoms with Crippen molar-refractivity contribution in [1.29, 1.82) is 0 Å². The molecule has 0 fully saturated rings. The van der Waals surface area contributed by atoms with E-state index < -0.39 is 0 Å². The van der Waals surface area contributed by atoms with Crippen molar-refractivity contribution in [2.45, 2.75) is 26.3 Å². The third-order valence-corrected chi connectivity index (χ3v) is 3.09. The van der Waals surface area contributed by atoms with Crippen LogP contribution < -0.4 is 10.1 Å². The number of aryl methyl sites for hydroxylation is 2. The zero-order valence-electron chi connectivity index (χ0n) is 12.3. The number of hydrogen-bond acceptors (Lipinski definition) is 4. The van der Waals surface area contributed by atoms with Crippen molar-refractivity contribution in [3.05, 3.63) is 53.3 Å². The lowest BCUT2D eigenvalue weighted by Gasteiger charge is -2.06. The van der Waals surface area contributed by atoms with Gasteiger partial charge in [-0.1, -0.05) is 12.1 Å². The third kappa shape index (κ3) is 4.87. The van der Waals surface area contributed by atoms with Crippen molar-refractivity contribution in [2.24, 2.45) is 0 Å². The van der Waals surface area contributed by atoms with E-state index in [4.69, 9.17) is 4.74 Å². The van der Waals surface area contributed by atoms with E-state index in [2.05, 4.69) is 15.5 Å². The molecule has 1 heterocycles. The number of hydrogen-bond donors (Lipinski definition) is 1. The second-order valence-corrected chi connectivity index (χ2v) is 4.79. The molecule has 1 amide bonds. The average molecular weight is 285 g/mol. The van der Waals surface area contributed by atoms with Gasteiger partial charge in [-0.05, 0) is 43.2 Å². The van der Waals surface area contributed by atoms with E-state index in [1.54, 1.807) is 7.11 Å². The van der Waals surface area contributed by atoms with E-state index in [0.717, 1.165) is 22.7 Å². The van der Waals surface area contributed by atoms with Gasteiger partial charge in [0.15, 0.2) is 0 Å². The number of ether oxygens (including phenoxy) is 1. The summed E-state index contributed by atoms with van der Waals surface area (Å²) in [7, 11) is 1.63. The van der Waals surface area contributed by atoms with Crippen molar-refractivity contribution in [3.63, 3.8) is 0 Å². The molecule has 2 rings (SSSR count). The second-order valence-electron chi connectivity index (χ2n) is 4.79. The fourth-order valence-electron chi connectivity index (χ4n) is 1.88. The van der Waals surface area contributed by atoms with E-state index in [1.165, 1.54) is 0 Å². The molecule has 2 aromatic rings. The van der Waals surface area contributed by atoms with Crippen LogP contribution in [0.3, 0.4) is 0 Å². The van der Waals surface area contributed by atoms with Crippen molar-refractivity contribution in [1.82, 2.24) is 15.5 Å². The quantitative estimate of drug-likeness (QED) is 0.882. The second kappa shape index (κ2) is 7.38. The largest absolute Gasteiger partial charge is 0.497 e. The highest BCUT2D eigenvalue weighted by Gasteiger charge is 2.04. The molecule has 21 heavy (non-hydrogen) atoms. The van der Waals surface area contributed by atoms with Gasteiger partial charge in [0.1, 0.15) is 5.75 Å².